The summed E-state index contributed by atoms with van der Waals surface area (Å²) in [5.74, 6) is 0. The summed E-state index contributed by atoms with van der Waals surface area (Å²) in [6.45, 7) is 4.03. The monoisotopic (exact) mass is 529 g/mol. The Morgan fingerprint density at radius 2 is 1.91 bits per heavy atom. The number of fused-ring (bicyclic) bond motifs is 1. The lowest BCUT2D eigenvalue weighted by Gasteiger charge is -2.28. The number of hydrogen-bond donors (Lipinski definition) is 2. The van der Waals surface area contributed by atoms with E-state index in [2.05, 4.69) is 15.7 Å². The van der Waals surface area contributed by atoms with Crippen molar-refractivity contribution in [2.24, 2.45) is 0 Å². The van der Waals surface area contributed by atoms with E-state index in [9.17, 15) is 26.4 Å². The van der Waals surface area contributed by atoms with Gasteiger partial charge in [0.2, 0.25) is 0 Å². The number of hydrogen-bond acceptors (Lipinski definition) is 7. The molecule has 0 saturated carbocycles. The van der Waals surface area contributed by atoms with Gasteiger partial charge in [0.15, 0.2) is 9.84 Å². The number of alkyl halides is 4. The Morgan fingerprint density at radius 3 is 2.57 bits per heavy atom. The van der Waals surface area contributed by atoms with Crippen LogP contribution in [-0.4, -0.2) is 53.9 Å². The Morgan fingerprint density at radius 1 is 1.20 bits per heavy atom. The maximum atomic E-state index is 13.9. The fourth-order valence-corrected chi connectivity index (χ4v) is 5.11. The van der Waals surface area contributed by atoms with Crippen molar-refractivity contribution in [1.29, 1.82) is 0 Å². The van der Waals surface area contributed by atoms with Crippen LogP contribution >= 0.6 is 11.6 Å². The molecule has 1 aliphatic heterocycles. The van der Waals surface area contributed by atoms with Gasteiger partial charge in [-0.25, -0.2) is 18.1 Å². The molecular formula is C22H23ClF3N5O3S. The van der Waals surface area contributed by atoms with E-state index in [1.54, 1.807) is 0 Å². The molecule has 0 spiro atoms. The van der Waals surface area contributed by atoms with E-state index in [4.69, 9.17) is 11.6 Å². The second-order valence-electron chi connectivity index (χ2n) is 8.20. The van der Waals surface area contributed by atoms with Crippen molar-refractivity contribution in [2.75, 3.05) is 31.6 Å². The minimum atomic E-state index is -4.65. The molecule has 35 heavy (non-hydrogen) atoms. The minimum absolute atomic E-state index is 0.0533. The van der Waals surface area contributed by atoms with Crippen molar-refractivity contribution in [2.45, 2.75) is 29.2 Å². The van der Waals surface area contributed by atoms with Gasteiger partial charge in [0, 0.05) is 32.7 Å². The Hall–Kier alpha value is -2.67. The zero-order valence-corrected chi connectivity index (χ0v) is 20.2. The van der Waals surface area contributed by atoms with Crippen molar-refractivity contribution >= 4 is 38.0 Å². The Balaban J connectivity index is 1.72. The predicted octanol–water partition coefficient (Wildman–Crippen LogP) is 3.05. The number of halogens is 4. The average Bonchev–Trinajstić information content (AvgIpc) is 2.81. The van der Waals surface area contributed by atoms with Crippen LogP contribution < -0.4 is 16.3 Å². The number of piperazine rings is 1. The summed E-state index contributed by atoms with van der Waals surface area (Å²) in [5.41, 5.74) is 1.46. The number of aromatic nitrogens is 2. The number of benzene rings is 2. The molecule has 0 aliphatic carbocycles. The molecule has 3 aromatic rings. The highest BCUT2D eigenvalue weighted by Crippen LogP contribution is 2.34. The maximum absolute atomic E-state index is 13.9. The van der Waals surface area contributed by atoms with E-state index >= 15 is 0 Å². The van der Waals surface area contributed by atoms with Crippen LogP contribution in [0.5, 0.6) is 0 Å². The highest BCUT2D eigenvalue weighted by atomic mass is 35.5. The highest BCUT2D eigenvalue weighted by molar-refractivity contribution is 7.93. The molecular weight excluding hydrogens is 507 g/mol. The maximum Gasteiger partial charge on any atom is 0.416 e. The predicted molar refractivity (Wildman–Crippen MR) is 127 cm³/mol. The summed E-state index contributed by atoms with van der Waals surface area (Å²) in [5, 5.41) is 2.95. The molecule has 1 aliphatic rings. The molecule has 4 rings (SSSR count). The van der Waals surface area contributed by atoms with Gasteiger partial charge in [0.05, 0.1) is 27.0 Å². The van der Waals surface area contributed by atoms with Gasteiger partial charge in [-0.05, 0) is 42.8 Å². The number of sulfone groups is 1. The Kier molecular flexibility index (Phi) is 7.09. The van der Waals surface area contributed by atoms with Crippen LogP contribution in [0.15, 0.2) is 52.4 Å². The SMILES string of the molecule is CC(Cl)S(=O)(=O)c1cccc(Nn2cnc3cc(CN4CCNCC4)c(C(F)(F)F)cc3c2=O)c1. The molecule has 2 N–H and O–H groups in total. The highest BCUT2D eigenvalue weighted by Gasteiger charge is 2.34. The van der Waals surface area contributed by atoms with Crippen molar-refractivity contribution in [1.82, 2.24) is 19.9 Å². The first-order chi connectivity index (χ1) is 16.5. The Labute approximate surface area is 204 Å². The standard InChI is InChI=1S/C22H23ClF3N5O3S/c1-14(23)35(33,34)17-4-2-3-16(10-17)29-31-13-28-20-9-15(12-30-7-5-27-6-8-30)19(22(24,25)26)11-18(20)21(31)32/h2-4,9-11,13-14,27,29H,5-8,12H2,1H3. The van der Waals surface area contributed by atoms with Crippen LogP contribution in [0.1, 0.15) is 18.1 Å². The lowest BCUT2D eigenvalue weighted by atomic mass is 10.0. The molecule has 13 heteroatoms. The molecule has 1 saturated heterocycles. The van der Waals surface area contributed by atoms with E-state index in [1.165, 1.54) is 37.3 Å². The van der Waals surface area contributed by atoms with Crippen molar-refractivity contribution in [3.63, 3.8) is 0 Å². The smallest absolute Gasteiger partial charge is 0.314 e. The zero-order valence-electron chi connectivity index (χ0n) is 18.6. The summed E-state index contributed by atoms with van der Waals surface area (Å²) in [7, 11) is -3.79. The Bertz CT molecular complexity index is 1400. The first-order valence-corrected chi connectivity index (χ1v) is 12.7. The van der Waals surface area contributed by atoms with Gasteiger partial charge < -0.3 is 5.32 Å². The third kappa shape index (κ3) is 5.45. The zero-order chi connectivity index (χ0) is 25.4. The molecule has 2 heterocycles. The minimum Gasteiger partial charge on any atom is -0.314 e. The second kappa shape index (κ2) is 9.76. The third-order valence-corrected chi connectivity index (χ3v) is 8.20. The topological polar surface area (TPSA) is 96.3 Å². The van der Waals surface area contributed by atoms with Gasteiger partial charge in [-0.15, -0.1) is 11.6 Å². The normalized spacial score (nSPS) is 16.4. The lowest BCUT2D eigenvalue weighted by Crippen LogP contribution is -2.43. The summed E-state index contributed by atoms with van der Waals surface area (Å²) in [4.78, 5) is 19.1. The van der Waals surface area contributed by atoms with Gasteiger partial charge in [0.1, 0.15) is 11.0 Å². The van der Waals surface area contributed by atoms with E-state index in [1.807, 2.05) is 4.90 Å². The van der Waals surface area contributed by atoms with E-state index < -0.39 is 31.8 Å². The molecule has 1 unspecified atom stereocenters. The van der Waals surface area contributed by atoms with Gasteiger partial charge in [-0.2, -0.15) is 13.2 Å². The van der Waals surface area contributed by atoms with Crippen LogP contribution in [0.2, 0.25) is 0 Å². The molecule has 0 radical (unpaired) electrons. The second-order valence-corrected chi connectivity index (χ2v) is 11.4. The first kappa shape index (κ1) is 25.4. The fourth-order valence-electron chi connectivity index (χ4n) is 3.87. The molecule has 0 amide bonds. The largest absolute Gasteiger partial charge is 0.416 e. The molecule has 188 valence electrons. The van der Waals surface area contributed by atoms with Crippen molar-refractivity contribution in [3.8, 4) is 0 Å². The van der Waals surface area contributed by atoms with Crippen LogP contribution in [0.3, 0.4) is 0 Å². The van der Waals surface area contributed by atoms with E-state index in [-0.39, 0.29) is 33.6 Å². The summed E-state index contributed by atoms with van der Waals surface area (Å²) < 4.78 is 66.1. The van der Waals surface area contributed by atoms with Gasteiger partial charge >= 0.3 is 6.18 Å². The van der Waals surface area contributed by atoms with Gasteiger partial charge in [0.25, 0.3) is 5.56 Å². The van der Waals surface area contributed by atoms with Crippen LogP contribution in [0.25, 0.3) is 10.9 Å². The third-order valence-electron chi connectivity index (χ3n) is 5.73. The number of rotatable bonds is 6. The van der Waals surface area contributed by atoms with Crippen LogP contribution in [-0.2, 0) is 22.6 Å². The van der Waals surface area contributed by atoms with Crippen molar-refractivity contribution in [3.05, 3.63) is 64.2 Å². The lowest BCUT2D eigenvalue weighted by molar-refractivity contribution is -0.138. The summed E-state index contributed by atoms with van der Waals surface area (Å²) in [6.07, 6.45) is -3.50. The molecule has 2 aromatic carbocycles. The number of anilines is 1. The first-order valence-electron chi connectivity index (χ1n) is 10.8. The molecule has 8 nitrogen and oxygen atoms in total. The number of nitrogens with one attached hydrogen (secondary N) is 2. The average molecular weight is 530 g/mol. The van der Waals surface area contributed by atoms with Crippen LogP contribution in [0, 0.1) is 0 Å². The van der Waals surface area contributed by atoms with Crippen LogP contribution in [0.4, 0.5) is 18.9 Å². The van der Waals surface area contributed by atoms with E-state index in [0.717, 1.165) is 17.1 Å². The van der Waals surface area contributed by atoms with Crippen molar-refractivity contribution < 1.29 is 21.6 Å². The van der Waals surface area contributed by atoms with Gasteiger partial charge in [-0.3, -0.25) is 15.1 Å². The number of nitrogens with zero attached hydrogens (tertiary/aromatic N) is 3. The molecule has 1 aromatic heterocycles. The molecule has 1 atom stereocenters. The van der Waals surface area contributed by atoms with E-state index in [0.29, 0.717) is 26.2 Å². The van der Waals surface area contributed by atoms with Gasteiger partial charge in [-0.1, -0.05) is 6.07 Å². The molecule has 1 fully saturated rings. The quantitative estimate of drug-likeness (QED) is 0.474. The fraction of sp³-hybridized carbons (Fsp3) is 0.364. The molecule has 0 bridgehead atoms. The summed E-state index contributed by atoms with van der Waals surface area (Å²) in [6, 6.07) is 7.74. The summed E-state index contributed by atoms with van der Waals surface area (Å²) >= 11 is 5.76.